The third-order valence-electron chi connectivity index (χ3n) is 6.52. The molecule has 4 rings (SSSR count). The quantitative estimate of drug-likeness (QED) is 0.573. The number of likely N-dealkylation sites (tertiary alicyclic amines) is 1. The monoisotopic (exact) mass is 422 g/mol. The van der Waals surface area contributed by atoms with Gasteiger partial charge in [-0.15, -0.1) is 11.6 Å². The molecule has 0 aromatic heterocycles. The van der Waals surface area contributed by atoms with E-state index in [1.807, 2.05) is 47.4 Å². The summed E-state index contributed by atoms with van der Waals surface area (Å²) >= 11 is 6.30. The number of piperidine rings is 1. The Morgan fingerprint density at radius 1 is 1.13 bits per heavy atom. The van der Waals surface area contributed by atoms with E-state index in [0.717, 1.165) is 42.6 Å². The number of hydrogen-bond donors (Lipinski definition) is 2. The van der Waals surface area contributed by atoms with Crippen molar-refractivity contribution in [3.05, 3.63) is 70.3 Å². The number of hydrogen-bond acceptors (Lipinski definition) is 4. The molecule has 2 aromatic rings. The molecule has 3 unspecified atom stereocenters. The van der Waals surface area contributed by atoms with Crippen LogP contribution >= 0.6 is 11.6 Å². The molecule has 2 heterocycles. The van der Waals surface area contributed by atoms with Gasteiger partial charge in [0.15, 0.2) is 0 Å². The van der Waals surface area contributed by atoms with Crippen LogP contribution in [-0.2, 0) is 0 Å². The van der Waals surface area contributed by atoms with Gasteiger partial charge in [-0.05, 0) is 66.6 Å². The van der Waals surface area contributed by atoms with Crippen LogP contribution in [0.25, 0.3) is 0 Å². The molecule has 0 radical (unpaired) electrons. The standard InChI is InChI=1S/C24H27ClN4O/c1-15-3-6-20(13-21(15)22-16(2)23(25)28-27-22)24(30)29-11-9-19(10-12-29)18-7-4-17(14-26)5-8-18/h3-8,13,16,19,22-23,27-28H,9-12H2,1-2H3. The molecule has 5 nitrogen and oxygen atoms in total. The second kappa shape index (κ2) is 8.77. The summed E-state index contributed by atoms with van der Waals surface area (Å²) in [5, 5.41) is 8.97. The molecule has 0 saturated carbocycles. The van der Waals surface area contributed by atoms with Crippen molar-refractivity contribution in [1.29, 1.82) is 5.26 Å². The number of benzene rings is 2. The van der Waals surface area contributed by atoms with E-state index in [2.05, 4.69) is 30.8 Å². The highest BCUT2D eigenvalue weighted by Gasteiger charge is 2.33. The predicted molar refractivity (Wildman–Crippen MR) is 118 cm³/mol. The van der Waals surface area contributed by atoms with Crippen molar-refractivity contribution in [3.63, 3.8) is 0 Å². The van der Waals surface area contributed by atoms with Crippen LogP contribution in [0.2, 0.25) is 0 Å². The molecule has 6 heteroatoms. The maximum atomic E-state index is 13.2. The highest BCUT2D eigenvalue weighted by Crippen LogP contribution is 2.33. The summed E-state index contributed by atoms with van der Waals surface area (Å²) in [5.74, 6) is 0.750. The van der Waals surface area contributed by atoms with Crippen LogP contribution in [0.5, 0.6) is 0 Å². The highest BCUT2D eigenvalue weighted by atomic mass is 35.5. The first-order chi connectivity index (χ1) is 14.5. The second-order valence-electron chi connectivity index (χ2n) is 8.40. The van der Waals surface area contributed by atoms with Crippen LogP contribution in [0.15, 0.2) is 42.5 Å². The number of amides is 1. The Labute approximate surface area is 183 Å². The van der Waals surface area contributed by atoms with Crippen molar-refractivity contribution < 1.29 is 4.79 Å². The molecular formula is C24H27ClN4O. The zero-order chi connectivity index (χ0) is 21.3. The van der Waals surface area contributed by atoms with Crippen molar-refractivity contribution in [3.8, 4) is 6.07 Å². The van der Waals surface area contributed by atoms with Gasteiger partial charge in [0.1, 0.15) is 0 Å². The lowest BCUT2D eigenvalue weighted by Crippen LogP contribution is -2.38. The smallest absolute Gasteiger partial charge is 0.253 e. The lowest BCUT2D eigenvalue weighted by molar-refractivity contribution is 0.0713. The van der Waals surface area contributed by atoms with Gasteiger partial charge < -0.3 is 4.90 Å². The molecule has 2 aliphatic rings. The zero-order valence-electron chi connectivity index (χ0n) is 17.4. The molecule has 0 aliphatic carbocycles. The van der Waals surface area contributed by atoms with E-state index >= 15 is 0 Å². The lowest BCUT2D eigenvalue weighted by Gasteiger charge is -2.32. The van der Waals surface area contributed by atoms with Gasteiger partial charge in [0.2, 0.25) is 0 Å². The number of nitrogens with one attached hydrogen (secondary N) is 2. The summed E-state index contributed by atoms with van der Waals surface area (Å²) in [6.07, 6.45) is 1.88. The fourth-order valence-corrected chi connectivity index (χ4v) is 4.71. The van der Waals surface area contributed by atoms with Crippen molar-refractivity contribution in [2.24, 2.45) is 5.92 Å². The van der Waals surface area contributed by atoms with Crippen molar-refractivity contribution in [1.82, 2.24) is 15.8 Å². The Morgan fingerprint density at radius 3 is 2.43 bits per heavy atom. The Morgan fingerprint density at radius 2 is 1.83 bits per heavy atom. The number of hydrazine groups is 1. The molecule has 30 heavy (non-hydrogen) atoms. The molecule has 156 valence electrons. The van der Waals surface area contributed by atoms with Crippen molar-refractivity contribution >= 4 is 17.5 Å². The van der Waals surface area contributed by atoms with E-state index in [-0.39, 0.29) is 23.4 Å². The van der Waals surface area contributed by atoms with Crippen LogP contribution in [0.1, 0.15) is 64.3 Å². The molecule has 2 aromatic carbocycles. The third kappa shape index (κ3) is 4.09. The van der Waals surface area contributed by atoms with E-state index in [9.17, 15) is 4.79 Å². The summed E-state index contributed by atoms with van der Waals surface area (Å²) in [7, 11) is 0. The highest BCUT2D eigenvalue weighted by molar-refractivity contribution is 6.20. The summed E-state index contributed by atoms with van der Waals surface area (Å²) in [4.78, 5) is 15.1. The number of aryl methyl sites for hydroxylation is 1. The minimum absolute atomic E-state index is 0.0855. The van der Waals surface area contributed by atoms with Gasteiger partial charge in [0.25, 0.3) is 5.91 Å². The minimum Gasteiger partial charge on any atom is -0.339 e. The molecule has 2 fully saturated rings. The first-order valence-electron chi connectivity index (χ1n) is 10.5. The number of halogens is 1. The molecule has 1 amide bonds. The average Bonchev–Trinajstić information content (AvgIpc) is 3.12. The van der Waals surface area contributed by atoms with Crippen LogP contribution < -0.4 is 10.9 Å². The van der Waals surface area contributed by atoms with Crippen LogP contribution in [0.3, 0.4) is 0 Å². The Balaban J connectivity index is 1.44. The van der Waals surface area contributed by atoms with Gasteiger partial charge in [-0.2, -0.15) is 5.26 Å². The fraction of sp³-hybridized carbons (Fsp3) is 0.417. The van der Waals surface area contributed by atoms with E-state index in [0.29, 0.717) is 11.5 Å². The van der Waals surface area contributed by atoms with E-state index < -0.39 is 0 Å². The molecule has 0 bridgehead atoms. The normalized spacial score (nSPS) is 24.6. The van der Waals surface area contributed by atoms with Crippen molar-refractivity contribution in [2.45, 2.75) is 44.1 Å². The topological polar surface area (TPSA) is 68.2 Å². The maximum absolute atomic E-state index is 13.2. The number of nitrogens with zero attached hydrogens (tertiary/aromatic N) is 2. The summed E-state index contributed by atoms with van der Waals surface area (Å²) in [6, 6.07) is 16.1. The third-order valence-corrected chi connectivity index (χ3v) is 7.03. The number of alkyl halides is 1. The number of carbonyl (C=O) groups excluding carboxylic acids is 1. The summed E-state index contributed by atoms with van der Waals surface area (Å²) in [6.45, 7) is 5.67. The zero-order valence-corrected chi connectivity index (χ0v) is 18.1. The average molecular weight is 423 g/mol. The molecule has 2 saturated heterocycles. The van der Waals surface area contributed by atoms with E-state index in [1.54, 1.807) is 0 Å². The molecule has 3 atom stereocenters. The van der Waals surface area contributed by atoms with Gasteiger partial charge in [-0.1, -0.05) is 25.1 Å². The molecular weight excluding hydrogens is 396 g/mol. The predicted octanol–water partition coefficient (Wildman–Crippen LogP) is 4.24. The fourth-order valence-electron chi connectivity index (χ4n) is 4.50. The maximum Gasteiger partial charge on any atom is 0.253 e. The largest absolute Gasteiger partial charge is 0.339 e. The second-order valence-corrected chi connectivity index (χ2v) is 8.87. The SMILES string of the molecule is Cc1ccc(C(=O)N2CCC(c3ccc(C#N)cc3)CC2)cc1C1NNC(Cl)C1C. The number of nitriles is 1. The molecule has 2 N–H and O–H groups in total. The van der Waals surface area contributed by atoms with Gasteiger partial charge in [0.05, 0.1) is 23.2 Å². The van der Waals surface area contributed by atoms with Gasteiger partial charge >= 0.3 is 0 Å². The van der Waals surface area contributed by atoms with Gasteiger partial charge in [-0.3, -0.25) is 4.79 Å². The van der Waals surface area contributed by atoms with Crippen LogP contribution in [0, 0.1) is 24.2 Å². The van der Waals surface area contributed by atoms with Gasteiger partial charge in [-0.25, -0.2) is 10.9 Å². The Hall–Kier alpha value is -2.39. The molecule has 2 aliphatic heterocycles. The van der Waals surface area contributed by atoms with E-state index in [1.165, 1.54) is 5.56 Å². The van der Waals surface area contributed by atoms with Crippen molar-refractivity contribution in [2.75, 3.05) is 13.1 Å². The lowest BCUT2D eigenvalue weighted by atomic mass is 9.88. The van der Waals surface area contributed by atoms with Crippen LogP contribution in [0.4, 0.5) is 0 Å². The van der Waals surface area contributed by atoms with E-state index in [4.69, 9.17) is 16.9 Å². The van der Waals surface area contributed by atoms with Crippen LogP contribution in [-0.4, -0.2) is 29.4 Å². The number of carbonyl (C=O) groups is 1. The molecule has 0 spiro atoms. The summed E-state index contributed by atoms with van der Waals surface area (Å²) in [5.41, 5.74) is 11.2. The Bertz CT molecular complexity index is 960. The summed E-state index contributed by atoms with van der Waals surface area (Å²) < 4.78 is 0. The number of rotatable bonds is 3. The first-order valence-corrected chi connectivity index (χ1v) is 11.0. The van der Waals surface area contributed by atoms with Gasteiger partial charge in [0, 0.05) is 24.6 Å². The first kappa shape index (κ1) is 20.9. The Kier molecular flexibility index (Phi) is 6.10. The minimum atomic E-state index is -0.130.